The molecule has 1 unspecified atom stereocenters. The zero-order chi connectivity index (χ0) is 16.6. The maximum Gasteiger partial charge on any atom is 0.230 e. The average Bonchev–Trinajstić information content (AvgIpc) is 3.30. The summed E-state index contributed by atoms with van der Waals surface area (Å²) in [5, 5.41) is 3.48. The third kappa shape index (κ3) is 3.42. The summed E-state index contributed by atoms with van der Waals surface area (Å²) in [6, 6.07) is 0. The van der Waals surface area contributed by atoms with Crippen LogP contribution in [0.3, 0.4) is 0 Å². The highest BCUT2D eigenvalue weighted by Crippen LogP contribution is 2.45. The highest BCUT2D eigenvalue weighted by molar-refractivity contribution is 5.86. The zero-order valence-electron chi connectivity index (χ0n) is 15.2. The van der Waals surface area contributed by atoms with Crippen LogP contribution in [0, 0.1) is 17.3 Å². The van der Waals surface area contributed by atoms with Gasteiger partial charge in [-0.15, -0.1) is 12.4 Å². The fraction of sp³-hybridized carbons (Fsp3) is 0.895. The van der Waals surface area contributed by atoms with Gasteiger partial charge in [0.15, 0.2) is 0 Å². The number of fused-ring (bicyclic) bond motifs is 1. The average molecular weight is 370 g/mol. The Hall–Kier alpha value is -0.810. The van der Waals surface area contributed by atoms with E-state index in [0.29, 0.717) is 24.3 Å². The molecule has 3 heterocycles. The lowest BCUT2D eigenvalue weighted by Crippen LogP contribution is -2.54. The van der Waals surface area contributed by atoms with Crippen LogP contribution in [0.1, 0.15) is 51.4 Å². The van der Waals surface area contributed by atoms with Crippen molar-refractivity contribution >= 4 is 24.2 Å². The minimum absolute atomic E-state index is 0. The predicted molar refractivity (Wildman–Crippen MR) is 99.6 cm³/mol. The largest absolute Gasteiger partial charge is 0.342 e. The molecule has 25 heavy (non-hydrogen) atoms. The molecule has 1 aliphatic carbocycles. The Labute approximate surface area is 157 Å². The van der Waals surface area contributed by atoms with Gasteiger partial charge >= 0.3 is 0 Å². The molecule has 1 N–H and O–H groups in total. The molecule has 3 aliphatic heterocycles. The molecule has 4 aliphatic rings. The quantitative estimate of drug-likeness (QED) is 0.810. The van der Waals surface area contributed by atoms with E-state index in [1.165, 1.54) is 19.3 Å². The number of piperidine rings is 1. The lowest BCUT2D eigenvalue weighted by atomic mass is 9.67. The number of nitrogens with one attached hydrogen (secondary N) is 1. The van der Waals surface area contributed by atoms with Gasteiger partial charge in [0.1, 0.15) is 0 Å². The van der Waals surface area contributed by atoms with Crippen LogP contribution in [0.15, 0.2) is 0 Å². The molecule has 3 atom stereocenters. The Bertz CT molecular complexity index is 509. The summed E-state index contributed by atoms with van der Waals surface area (Å²) in [7, 11) is 0. The molecule has 0 spiro atoms. The minimum atomic E-state index is -0.170. The fourth-order valence-electron chi connectivity index (χ4n) is 5.54. The van der Waals surface area contributed by atoms with Gasteiger partial charge in [0, 0.05) is 32.7 Å². The number of nitrogens with zero attached hydrogens (tertiary/aromatic N) is 2. The number of likely N-dealkylation sites (tertiary alicyclic amines) is 2. The van der Waals surface area contributed by atoms with E-state index in [1.54, 1.807) is 0 Å². The lowest BCUT2D eigenvalue weighted by molar-refractivity contribution is -0.149. The van der Waals surface area contributed by atoms with Crippen molar-refractivity contribution in [2.75, 3.05) is 39.3 Å². The molecule has 0 radical (unpaired) electrons. The molecule has 4 rings (SSSR count). The Morgan fingerprint density at radius 3 is 2.48 bits per heavy atom. The maximum absolute atomic E-state index is 13.4. The van der Waals surface area contributed by atoms with Crippen LogP contribution in [0.5, 0.6) is 0 Å². The van der Waals surface area contributed by atoms with Crippen LogP contribution in [-0.4, -0.2) is 60.9 Å². The molecule has 4 fully saturated rings. The third-order valence-corrected chi connectivity index (χ3v) is 6.94. The van der Waals surface area contributed by atoms with Crippen LogP contribution < -0.4 is 5.32 Å². The second-order valence-corrected chi connectivity index (χ2v) is 8.35. The van der Waals surface area contributed by atoms with E-state index in [0.717, 1.165) is 64.8 Å². The van der Waals surface area contributed by atoms with Crippen LogP contribution in [0.4, 0.5) is 0 Å². The summed E-state index contributed by atoms with van der Waals surface area (Å²) >= 11 is 0. The number of amides is 2. The Morgan fingerprint density at radius 1 is 0.920 bits per heavy atom. The highest BCUT2D eigenvalue weighted by Gasteiger charge is 2.52. The van der Waals surface area contributed by atoms with Gasteiger partial charge in [0.25, 0.3) is 0 Å². The summed E-state index contributed by atoms with van der Waals surface area (Å²) in [5.74, 6) is 1.19. The van der Waals surface area contributed by atoms with Crippen molar-refractivity contribution in [1.29, 1.82) is 0 Å². The van der Waals surface area contributed by atoms with Crippen LogP contribution in [-0.2, 0) is 9.59 Å². The van der Waals surface area contributed by atoms with E-state index >= 15 is 0 Å². The Morgan fingerprint density at radius 2 is 1.68 bits per heavy atom. The molecule has 0 bridgehead atoms. The van der Waals surface area contributed by atoms with Crippen molar-refractivity contribution in [3.63, 3.8) is 0 Å². The van der Waals surface area contributed by atoms with Gasteiger partial charge in [-0.25, -0.2) is 0 Å². The van der Waals surface area contributed by atoms with Gasteiger partial charge in [-0.05, 0) is 51.0 Å². The van der Waals surface area contributed by atoms with Gasteiger partial charge < -0.3 is 15.1 Å². The van der Waals surface area contributed by atoms with Crippen LogP contribution in [0.25, 0.3) is 0 Å². The van der Waals surface area contributed by atoms with Crippen molar-refractivity contribution in [1.82, 2.24) is 15.1 Å². The van der Waals surface area contributed by atoms with Crippen molar-refractivity contribution < 1.29 is 9.59 Å². The molecule has 142 valence electrons. The normalized spacial score (nSPS) is 35.2. The van der Waals surface area contributed by atoms with Gasteiger partial charge in [-0.3, -0.25) is 9.59 Å². The first-order valence-corrected chi connectivity index (χ1v) is 9.99. The fourth-order valence-corrected chi connectivity index (χ4v) is 5.54. The number of carbonyl (C=O) groups excluding carboxylic acids is 2. The minimum Gasteiger partial charge on any atom is -0.342 e. The molecule has 1 saturated carbocycles. The number of hydrogen-bond acceptors (Lipinski definition) is 3. The lowest BCUT2D eigenvalue weighted by Gasteiger charge is -2.43. The first kappa shape index (κ1) is 19.0. The molecule has 5 nitrogen and oxygen atoms in total. The van der Waals surface area contributed by atoms with Gasteiger partial charge in [0.2, 0.25) is 11.8 Å². The summed E-state index contributed by atoms with van der Waals surface area (Å²) < 4.78 is 0. The van der Waals surface area contributed by atoms with Crippen molar-refractivity contribution in [3.05, 3.63) is 0 Å². The van der Waals surface area contributed by atoms with E-state index in [-0.39, 0.29) is 23.7 Å². The van der Waals surface area contributed by atoms with Gasteiger partial charge in [-0.1, -0.05) is 12.8 Å². The van der Waals surface area contributed by atoms with E-state index in [2.05, 4.69) is 5.32 Å². The topological polar surface area (TPSA) is 52.7 Å². The smallest absolute Gasteiger partial charge is 0.230 e. The molecule has 3 saturated heterocycles. The van der Waals surface area contributed by atoms with Gasteiger partial charge in [0.05, 0.1) is 11.3 Å². The number of hydrogen-bond donors (Lipinski definition) is 1. The van der Waals surface area contributed by atoms with Crippen molar-refractivity contribution in [2.45, 2.75) is 51.4 Å². The van der Waals surface area contributed by atoms with E-state index < -0.39 is 0 Å². The van der Waals surface area contributed by atoms with E-state index in [4.69, 9.17) is 0 Å². The number of carbonyl (C=O) groups is 2. The molecule has 0 aromatic carbocycles. The molecular weight excluding hydrogens is 338 g/mol. The van der Waals surface area contributed by atoms with E-state index in [1.807, 2.05) is 9.80 Å². The Kier molecular flexibility index (Phi) is 5.94. The zero-order valence-corrected chi connectivity index (χ0v) is 16.0. The van der Waals surface area contributed by atoms with Crippen LogP contribution >= 0.6 is 12.4 Å². The summed E-state index contributed by atoms with van der Waals surface area (Å²) in [5.41, 5.74) is -0.170. The SMILES string of the molecule is Cl.O=C(C1CCCN(C(=O)[C@@]23CCCC[C@H]2CNC3)C1)N1CCCC1. The summed E-state index contributed by atoms with van der Waals surface area (Å²) in [4.78, 5) is 30.2. The monoisotopic (exact) mass is 369 g/mol. The predicted octanol–water partition coefficient (Wildman–Crippen LogP) is 2.05. The second-order valence-electron chi connectivity index (χ2n) is 8.35. The van der Waals surface area contributed by atoms with Crippen molar-refractivity contribution in [2.24, 2.45) is 17.3 Å². The first-order chi connectivity index (χ1) is 11.7. The molecule has 6 heteroatoms. The maximum atomic E-state index is 13.4. The molecule has 0 aromatic heterocycles. The highest BCUT2D eigenvalue weighted by atomic mass is 35.5. The standard InChI is InChI=1S/C19H31N3O2.ClH/c23-17(21-9-3-4-10-21)15-6-5-11-22(13-15)18(24)19-8-2-1-7-16(19)12-20-14-19;/h15-16,20H,1-14H2;1H/t15?,16-,19+;/m0./s1. The van der Waals surface area contributed by atoms with E-state index in [9.17, 15) is 9.59 Å². The van der Waals surface area contributed by atoms with Crippen molar-refractivity contribution in [3.8, 4) is 0 Å². The number of halogens is 1. The number of rotatable bonds is 2. The van der Waals surface area contributed by atoms with Crippen LogP contribution in [0.2, 0.25) is 0 Å². The third-order valence-electron chi connectivity index (χ3n) is 6.94. The second kappa shape index (κ2) is 7.83. The first-order valence-electron chi connectivity index (χ1n) is 9.99. The molecular formula is C19H32ClN3O2. The summed E-state index contributed by atoms with van der Waals surface area (Å²) in [6.07, 6.45) is 8.85. The molecule has 0 aromatic rings. The molecule has 2 amide bonds. The van der Waals surface area contributed by atoms with Gasteiger partial charge in [-0.2, -0.15) is 0 Å². The summed E-state index contributed by atoms with van der Waals surface area (Å²) in [6.45, 7) is 5.17. The Balaban J connectivity index is 0.00000182.